The highest BCUT2D eigenvalue weighted by atomic mass is 79.9. The fourth-order valence-electron chi connectivity index (χ4n) is 1.81. The van der Waals surface area contributed by atoms with E-state index in [1.165, 1.54) is 6.07 Å². The topological polar surface area (TPSA) is 26.0 Å². The highest BCUT2D eigenvalue weighted by Gasteiger charge is 2.13. The summed E-state index contributed by atoms with van der Waals surface area (Å²) in [5, 5.41) is 0. The van der Waals surface area contributed by atoms with Crippen LogP contribution in [-0.2, 0) is 6.42 Å². The van der Waals surface area contributed by atoms with Crippen LogP contribution in [-0.4, -0.2) is 0 Å². The maximum Gasteiger partial charge on any atom is 0.126 e. The number of rotatable bonds is 3. The second-order valence-corrected chi connectivity index (χ2v) is 5.84. The molecule has 94 valence electrons. The van der Waals surface area contributed by atoms with E-state index in [0.29, 0.717) is 12.0 Å². The molecule has 1 atom stereocenters. The Morgan fingerprint density at radius 2 is 1.83 bits per heavy atom. The molecule has 1 nitrogen and oxygen atoms in total. The molecule has 0 fully saturated rings. The molecule has 0 heterocycles. The first-order chi connectivity index (χ1) is 8.58. The number of nitrogens with two attached hydrogens (primary N) is 1. The third kappa shape index (κ3) is 3.19. The second-order valence-electron chi connectivity index (χ2n) is 4.07. The molecular weight excluding hydrogens is 361 g/mol. The van der Waals surface area contributed by atoms with Crippen molar-refractivity contribution in [1.29, 1.82) is 0 Å². The molecule has 2 N–H and O–H groups in total. The fourth-order valence-corrected chi connectivity index (χ4v) is 3.15. The fraction of sp³-hybridized carbons (Fsp3) is 0.143. The van der Waals surface area contributed by atoms with E-state index in [2.05, 4.69) is 31.9 Å². The summed E-state index contributed by atoms with van der Waals surface area (Å²) in [4.78, 5) is 0. The van der Waals surface area contributed by atoms with E-state index < -0.39 is 0 Å². The molecule has 18 heavy (non-hydrogen) atoms. The average molecular weight is 373 g/mol. The number of halogens is 3. The molecule has 2 aromatic carbocycles. The Morgan fingerprint density at radius 1 is 1.11 bits per heavy atom. The van der Waals surface area contributed by atoms with Gasteiger partial charge < -0.3 is 5.73 Å². The lowest BCUT2D eigenvalue weighted by Crippen LogP contribution is -2.14. The van der Waals surface area contributed by atoms with Gasteiger partial charge >= 0.3 is 0 Å². The lowest BCUT2D eigenvalue weighted by atomic mass is 9.99. The number of hydrogen-bond acceptors (Lipinski definition) is 1. The largest absolute Gasteiger partial charge is 0.324 e. The van der Waals surface area contributed by atoms with Crippen LogP contribution < -0.4 is 5.73 Å². The average Bonchev–Trinajstić information content (AvgIpc) is 2.32. The Bertz CT molecular complexity index is 557. The first kappa shape index (κ1) is 13.7. The van der Waals surface area contributed by atoms with Crippen LogP contribution in [0.15, 0.2) is 51.4 Å². The van der Waals surface area contributed by atoms with Gasteiger partial charge in [-0.3, -0.25) is 0 Å². The van der Waals surface area contributed by atoms with Gasteiger partial charge in [-0.05, 0) is 35.7 Å². The summed E-state index contributed by atoms with van der Waals surface area (Å²) in [5.41, 5.74) is 7.75. The summed E-state index contributed by atoms with van der Waals surface area (Å²) >= 11 is 6.87. The van der Waals surface area contributed by atoms with Crippen molar-refractivity contribution in [2.75, 3.05) is 0 Å². The van der Waals surface area contributed by atoms with Crippen LogP contribution in [0.3, 0.4) is 0 Å². The van der Waals surface area contributed by atoms with Crippen molar-refractivity contribution in [3.63, 3.8) is 0 Å². The smallest absolute Gasteiger partial charge is 0.126 e. The van der Waals surface area contributed by atoms with E-state index in [0.717, 1.165) is 14.5 Å². The van der Waals surface area contributed by atoms with Crippen molar-refractivity contribution in [2.24, 2.45) is 5.73 Å². The molecule has 4 heteroatoms. The van der Waals surface area contributed by atoms with E-state index in [-0.39, 0.29) is 11.9 Å². The Morgan fingerprint density at radius 3 is 2.50 bits per heavy atom. The van der Waals surface area contributed by atoms with Crippen molar-refractivity contribution in [3.05, 3.63) is 68.4 Å². The van der Waals surface area contributed by atoms with Gasteiger partial charge in [0.15, 0.2) is 0 Å². The van der Waals surface area contributed by atoms with Gasteiger partial charge in [0.1, 0.15) is 5.82 Å². The van der Waals surface area contributed by atoms with Gasteiger partial charge in [-0.1, -0.05) is 56.1 Å². The summed E-state index contributed by atoms with van der Waals surface area (Å²) < 4.78 is 15.5. The van der Waals surface area contributed by atoms with Crippen molar-refractivity contribution in [2.45, 2.75) is 12.5 Å². The molecule has 2 aromatic rings. The van der Waals surface area contributed by atoms with Crippen molar-refractivity contribution < 1.29 is 4.39 Å². The lowest BCUT2D eigenvalue weighted by molar-refractivity contribution is 0.593. The van der Waals surface area contributed by atoms with E-state index in [4.69, 9.17) is 5.73 Å². The first-order valence-electron chi connectivity index (χ1n) is 5.52. The van der Waals surface area contributed by atoms with Crippen LogP contribution in [0, 0.1) is 5.82 Å². The van der Waals surface area contributed by atoms with Crippen molar-refractivity contribution in [3.8, 4) is 0 Å². The maximum atomic E-state index is 13.6. The Kier molecular flexibility index (Phi) is 4.54. The Balaban J connectivity index is 2.22. The van der Waals surface area contributed by atoms with Gasteiger partial charge in [0.25, 0.3) is 0 Å². The van der Waals surface area contributed by atoms with Crippen LogP contribution in [0.1, 0.15) is 17.2 Å². The number of hydrogen-bond donors (Lipinski definition) is 1. The van der Waals surface area contributed by atoms with Gasteiger partial charge in [0.2, 0.25) is 0 Å². The van der Waals surface area contributed by atoms with Gasteiger partial charge in [0.05, 0.1) is 0 Å². The van der Waals surface area contributed by atoms with Crippen LogP contribution in [0.25, 0.3) is 0 Å². The number of benzene rings is 2. The van der Waals surface area contributed by atoms with Crippen molar-refractivity contribution >= 4 is 31.9 Å². The summed E-state index contributed by atoms with van der Waals surface area (Å²) in [6.07, 6.45) is 0.479. The summed E-state index contributed by atoms with van der Waals surface area (Å²) in [6.45, 7) is 0. The van der Waals surface area contributed by atoms with E-state index >= 15 is 0 Å². The molecule has 0 aliphatic carbocycles. The van der Waals surface area contributed by atoms with Crippen LogP contribution in [0.5, 0.6) is 0 Å². The standard InChI is InChI=1S/C14H12Br2FN/c15-10-5-6-11(12(16)8-10)14(18)7-9-3-1-2-4-13(9)17/h1-6,8,14H,7,18H2. The highest BCUT2D eigenvalue weighted by Crippen LogP contribution is 2.28. The Hall–Kier alpha value is -0.710. The molecule has 0 aliphatic rings. The van der Waals surface area contributed by atoms with Crippen LogP contribution in [0.4, 0.5) is 4.39 Å². The lowest BCUT2D eigenvalue weighted by Gasteiger charge is -2.14. The Labute approximate surface area is 122 Å². The van der Waals surface area contributed by atoms with Gasteiger partial charge in [0, 0.05) is 15.0 Å². The molecule has 0 aliphatic heterocycles. The SMILES string of the molecule is NC(Cc1ccccc1F)c1ccc(Br)cc1Br. The van der Waals surface area contributed by atoms with Gasteiger partial charge in [-0.15, -0.1) is 0 Å². The van der Waals surface area contributed by atoms with Gasteiger partial charge in [-0.25, -0.2) is 4.39 Å². The van der Waals surface area contributed by atoms with E-state index in [1.54, 1.807) is 12.1 Å². The molecule has 0 amide bonds. The zero-order valence-electron chi connectivity index (χ0n) is 9.54. The molecule has 0 radical (unpaired) electrons. The minimum Gasteiger partial charge on any atom is -0.324 e. The normalized spacial score (nSPS) is 12.4. The van der Waals surface area contributed by atoms with Crippen LogP contribution in [0.2, 0.25) is 0 Å². The predicted octanol–water partition coefficient (Wildman–Crippen LogP) is 4.59. The van der Waals surface area contributed by atoms with Crippen LogP contribution >= 0.6 is 31.9 Å². The molecule has 0 aromatic heterocycles. The molecule has 0 saturated heterocycles. The monoisotopic (exact) mass is 371 g/mol. The zero-order valence-corrected chi connectivity index (χ0v) is 12.7. The summed E-state index contributed by atoms with van der Waals surface area (Å²) in [5.74, 6) is -0.207. The quantitative estimate of drug-likeness (QED) is 0.837. The molecular formula is C14H12Br2FN. The maximum absolute atomic E-state index is 13.6. The van der Waals surface area contributed by atoms with E-state index in [1.807, 2.05) is 24.3 Å². The molecule has 1 unspecified atom stereocenters. The molecule has 0 saturated carbocycles. The third-order valence-corrected chi connectivity index (χ3v) is 3.94. The third-order valence-electron chi connectivity index (χ3n) is 2.76. The molecule has 0 spiro atoms. The minimum atomic E-state index is -0.232. The van der Waals surface area contributed by atoms with Crippen molar-refractivity contribution in [1.82, 2.24) is 0 Å². The summed E-state index contributed by atoms with van der Waals surface area (Å²) in [7, 11) is 0. The predicted molar refractivity (Wildman–Crippen MR) is 78.9 cm³/mol. The van der Waals surface area contributed by atoms with Gasteiger partial charge in [-0.2, -0.15) is 0 Å². The highest BCUT2D eigenvalue weighted by molar-refractivity contribution is 9.11. The molecule has 0 bridgehead atoms. The zero-order chi connectivity index (χ0) is 13.1. The molecule has 2 rings (SSSR count). The first-order valence-corrected chi connectivity index (χ1v) is 7.10. The summed E-state index contributed by atoms with van der Waals surface area (Å²) in [6, 6.07) is 12.3. The second kappa shape index (κ2) is 5.95. The minimum absolute atomic E-state index is 0.207. The van der Waals surface area contributed by atoms with E-state index in [9.17, 15) is 4.39 Å².